The van der Waals surface area contributed by atoms with Gasteiger partial charge in [0.2, 0.25) is 11.8 Å². The van der Waals surface area contributed by atoms with Gasteiger partial charge in [0.15, 0.2) is 5.84 Å². The number of phenols is 1. The zero-order valence-corrected chi connectivity index (χ0v) is 28.3. The summed E-state index contributed by atoms with van der Waals surface area (Å²) in [4.78, 5) is 73.6. The topological polar surface area (TPSA) is 224 Å². The summed E-state index contributed by atoms with van der Waals surface area (Å²) in [5.41, 5.74) is 8.33. The Morgan fingerprint density at radius 2 is 1.73 bits per heavy atom. The molecule has 0 saturated heterocycles. The van der Waals surface area contributed by atoms with Gasteiger partial charge in [0.25, 0.3) is 5.91 Å². The molecule has 0 bridgehead atoms. The summed E-state index contributed by atoms with van der Waals surface area (Å²) in [6.45, 7) is -0.740. The molecule has 52 heavy (non-hydrogen) atoms. The van der Waals surface area contributed by atoms with Crippen LogP contribution in [0.3, 0.4) is 0 Å². The molecule has 7 N–H and O–H groups in total. The van der Waals surface area contributed by atoms with Crippen LogP contribution < -0.4 is 16.4 Å². The van der Waals surface area contributed by atoms with Crippen molar-refractivity contribution in [2.24, 2.45) is 15.7 Å². The average molecular weight is 731 g/mol. The molecule has 0 aliphatic carbocycles. The van der Waals surface area contributed by atoms with E-state index < -0.39 is 65.4 Å². The quantitative estimate of drug-likeness (QED) is 0.126. The molecule has 2 aliphatic rings. The minimum atomic E-state index is -1.34. The molecular formula is C36H35FN6O8S. The molecule has 4 atom stereocenters. The number of carbonyl (C=O) groups is 5. The molecule has 5 rings (SSSR count). The number of aromatic hydroxyl groups is 1. The number of aliphatic imine (C=N–C) groups is 2. The van der Waals surface area contributed by atoms with Crippen LogP contribution in [0.25, 0.3) is 5.70 Å². The molecule has 3 amide bonds. The van der Waals surface area contributed by atoms with Crippen LogP contribution in [0.4, 0.5) is 4.39 Å². The van der Waals surface area contributed by atoms with Crippen LogP contribution in [0.5, 0.6) is 5.75 Å². The predicted molar refractivity (Wildman–Crippen MR) is 191 cm³/mol. The molecule has 2 aliphatic heterocycles. The average Bonchev–Trinajstić information content (AvgIpc) is 3.45. The monoisotopic (exact) mass is 730 g/mol. The second-order valence-electron chi connectivity index (χ2n) is 11.9. The predicted octanol–water partition coefficient (Wildman–Crippen LogP) is 2.49. The van der Waals surface area contributed by atoms with Gasteiger partial charge in [0, 0.05) is 30.4 Å². The third-order valence-corrected chi connectivity index (χ3v) is 9.51. The van der Waals surface area contributed by atoms with E-state index >= 15 is 0 Å². The summed E-state index contributed by atoms with van der Waals surface area (Å²) in [5.74, 6) is -5.11. The Kier molecular flexibility index (Phi) is 12.1. The molecule has 0 fully saturated rings. The number of nitrogens with one attached hydrogen (secondary N) is 2. The normalized spacial score (nSPS) is 16.8. The molecule has 0 spiro atoms. The number of hydrogen-bond donors (Lipinski definition) is 6. The molecule has 3 aromatic carbocycles. The first kappa shape index (κ1) is 37.4. The number of phenolic OH excluding ortho intramolecular Hbond substituents is 1. The van der Waals surface area contributed by atoms with E-state index in [9.17, 15) is 33.5 Å². The number of amidine groups is 1. The first-order chi connectivity index (χ1) is 24.9. The lowest BCUT2D eigenvalue weighted by Gasteiger charge is -2.25. The van der Waals surface area contributed by atoms with Crippen LogP contribution in [0.1, 0.15) is 34.8 Å². The second-order valence-corrected chi connectivity index (χ2v) is 13.1. The Balaban J connectivity index is 1.47. The number of halogens is 1. The number of rotatable bonds is 16. The van der Waals surface area contributed by atoms with E-state index in [-0.39, 0.29) is 30.2 Å². The fraction of sp³-hybridized carbons (Fsp3) is 0.250. The molecule has 3 aromatic rings. The lowest BCUT2D eigenvalue weighted by molar-refractivity contribution is -0.139. The van der Waals surface area contributed by atoms with Crippen molar-refractivity contribution in [2.75, 3.05) is 12.3 Å². The molecule has 2 unspecified atom stereocenters. The van der Waals surface area contributed by atoms with Crippen molar-refractivity contribution in [3.05, 3.63) is 108 Å². The van der Waals surface area contributed by atoms with Crippen molar-refractivity contribution in [3.8, 4) is 5.75 Å². The highest BCUT2D eigenvalue weighted by atomic mass is 32.2. The number of fused-ring (bicyclic) bond motifs is 1. The van der Waals surface area contributed by atoms with Crippen LogP contribution >= 0.6 is 11.8 Å². The van der Waals surface area contributed by atoms with E-state index in [0.29, 0.717) is 29.0 Å². The SMILES string of the molecule is N[C@@H](CCC(=O)N[C@@H](CSC(c1cccc(F)c1)C1N=C2C(Cc3ccccc3)=NC(c3ccc(O)cc3)=CN2C1=O)C(=O)NCC(=O)O)C(=O)O. The Labute approximate surface area is 301 Å². The molecule has 0 radical (unpaired) electrons. The highest BCUT2D eigenvalue weighted by Gasteiger charge is 2.43. The summed E-state index contributed by atoms with van der Waals surface area (Å²) in [6, 6.07) is 17.5. The first-order valence-electron chi connectivity index (χ1n) is 16.1. The number of nitrogens with zero attached hydrogens (tertiary/aromatic N) is 3. The van der Waals surface area contributed by atoms with Crippen LogP contribution in [0.2, 0.25) is 0 Å². The number of amides is 3. The van der Waals surface area contributed by atoms with Gasteiger partial charge in [0.05, 0.1) is 16.7 Å². The number of benzene rings is 3. The molecule has 0 aromatic heterocycles. The number of hydrogen-bond acceptors (Lipinski definition) is 10. The highest BCUT2D eigenvalue weighted by Crippen LogP contribution is 2.39. The van der Waals surface area contributed by atoms with Gasteiger partial charge in [-0.25, -0.2) is 9.38 Å². The van der Waals surface area contributed by atoms with Gasteiger partial charge in [-0.3, -0.25) is 33.9 Å². The number of carboxylic acids is 2. The maximum absolute atomic E-state index is 14.6. The fourth-order valence-electron chi connectivity index (χ4n) is 5.46. The van der Waals surface area contributed by atoms with E-state index in [2.05, 4.69) is 10.6 Å². The second kappa shape index (κ2) is 16.9. The summed E-state index contributed by atoms with van der Waals surface area (Å²) in [6.07, 6.45) is 1.30. The van der Waals surface area contributed by atoms with Crippen molar-refractivity contribution >= 4 is 58.7 Å². The number of carboxylic acid groups (broad SMARTS) is 2. The zero-order chi connectivity index (χ0) is 37.4. The number of thioether (sulfide) groups is 1. The van der Waals surface area contributed by atoms with E-state index in [1.165, 1.54) is 35.2 Å². The van der Waals surface area contributed by atoms with Gasteiger partial charge in [-0.15, -0.1) is 11.8 Å². The number of aliphatic carboxylic acids is 2. The zero-order valence-electron chi connectivity index (χ0n) is 27.5. The fourth-order valence-corrected chi connectivity index (χ4v) is 6.79. The van der Waals surface area contributed by atoms with Gasteiger partial charge >= 0.3 is 11.9 Å². The van der Waals surface area contributed by atoms with Crippen LogP contribution in [-0.2, 0) is 30.4 Å². The Hall–Kier alpha value is -5.87. The molecule has 0 saturated carbocycles. The van der Waals surface area contributed by atoms with Crippen molar-refractivity contribution in [2.45, 2.75) is 42.6 Å². The molecular weight excluding hydrogens is 695 g/mol. The van der Waals surface area contributed by atoms with Crippen LogP contribution in [0.15, 0.2) is 95.0 Å². The van der Waals surface area contributed by atoms with Crippen molar-refractivity contribution in [1.29, 1.82) is 0 Å². The summed E-state index contributed by atoms with van der Waals surface area (Å²) in [5, 5.41) is 31.8. The maximum atomic E-state index is 14.6. The van der Waals surface area contributed by atoms with E-state index in [1.54, 1.807) is 24.4 Å². The lowest BCUT2D eigenvalue weighted by Crippen LogP contribution is -2.49. The molecule has 14 nitrogen and oxygen atoms in total. The minimum absolute atomic E-state index is 0.0538. The van der Waals surface area contributed by atoms with Crippen molar-refractivity contribution in [1.82, 2.24) is 15.5 Å². The minimum Gasteiger partial charge on any atom is -0.508 e. The van der Waals surface area contributed by atoms with E-state index in [4.69, 9.17) is 25.9 Å². The van der Waals surface area contributed by atoms with Gasteiger partial charge < -0.3 is 31.7 Å². The number of carbonyl (C=O) groups excluding carboxylic acids is 3. The molecule has 270 valence electrons. The van der Waals surface area contributed by atoms with Crippen LogP contribution in [-0.4, -0.2) is 91.9 Å². The van der Waals surface area contributed by atoms with Crippen LogP contribution in [0, 0.1) is 5.82 Å². The van der Waals surface area contributed by atoms with Gasteiger partial charge in [-0.2, -0.15) is 0 Å². The third kappa shape index (κ3) is 9.46. The Morgan fingerprint density at radius 3 is 2.40 bits per heavy atom. The first-order valence-corrected chi connectivity index (χ1v) is 17.1. The van der Waals surface area contributed by atoms with E-state index in [1.807, 2.05) is 30.3 Å². The van der Waals surface area contributed by atoms with Gasteiger partial charge in [-0.1, -0.05) is 42.5 Å². The smallest absolute Gasteiger partial charge is 0.322 e. The Bertz CT molecular complexity index is 1940. The maximum Gasteiger partial charge on any atom is 0.322 e. The van der Waals surface area contributed by atoms with Crippen molar-refractivity contribution < 1.29 is 43.7 Å². The molecule has 2 heterocycles. The summed E-state index contributed by atoms with van der Waals surface area (Å²) < 4.78 is 14.6. The standard InChI is InChI=1S/C36H35FN6O8S/c37-23-8-4-7-22(16-23)32(52-19-28(34(48)39-17-30(46)47)41-29(45)14-13-25(38)36(50)51)31-35(49)43-18-27(21-9-11-24(44)12-10-21)40-26(33(43)42-31)15-20-5-2-1-3-6-20/h1-12,16,18,25,28,31-32,44H,13-15,17,19,38H2,(H,39,48)(H,41,45)(H,46,47)(H,50,51)/t25-,28-,31?,32?/m0/s1. The van der Waals surface area contributed by atoms with Crippen molar-refractivity contribution in [3.63, 3.8) is 0 Å². The third-order valence-electron chi connectivity index (χ3n) is 8.09. The van der Waals surface area contributed by atoms with E-state index in [0.717, 1.165) is 17.3 Å². The Morgan fingerprint density at radius 1 is 1.00 bits per heavy atom. The number of nitrogens with two attached hydrogens (primary N) is 1. The summed E-state index contributed by atoms with van der Waals surface area (Å²) >= 11 is 1.02. The van der Waals surface area contributed by atoms with Gasteiger partial charge in [0.1, 0.15) is 36.2 Å². The largest absolute Gasteiger partial charge is 0.508 e. The lowest BCUT2D eigenvalue weighted by atomic mass is 10.0. The highest BCUT2D eigenvalue weighted by molar-refractivity contribution is 7.99. The van der Waals surface area contributed by atoms with Gasteiger partial charge in [-0.05, 0) is 53.9 Å². The molecule has 16 heteroatoms. The summed E-state index contributed by atoms with van der Waals surface area (Å²) in [7, 11) is 0.